The molecule has 0 aromatic heterocycles. The summed E-state index contributed by atoms with van der Waals surface area (Å²) in [4.78, 5) is 0. The molecular weight excluding hydrogens is 518 g/mol. The van der Waals surface area contributed by atoms with Gasteiger partial charge in [0.15, 0.2) is 0 Å². The van der Waals surface area contributed by atoms with Crippen LogP contribution in [0.15, 0.2) is 150 Å². The highest BCUT2D eigenvalue weighted by Gasteiger charge is 2.26. The minimum absolute atomic E-state index is 0.190. The second-order valence-electron chi connectivity index (χ2n) is 12.2. The Hall–Kier alpha value is -4.88. The molecule has 1 nitrogen and oxygen atoms in total. The molecule has 3 aliphatic carbocycles. The third-order valence-electron chi connectivity index (χ3n) is 9.58. The maximum absolute atomic E-state index is 6.76. The zero-order chi connectivity index (χ0) is 28.8. The monoisotopic (exact) mass is 553 g/mol. The van der Waals surface area contributed by atoms with E-state index in [-0.39, 0.29) is 5.92 Å². The molecular formula is C42H35N. The number of hydrogen-bond donors (Lipinski definition) is 1. The largest absolute Gasteiger partial charge is 0.402 e. The lowest BCUT2D eigenvalue weighted by Crippen LogP contribution is -2.17. The van der Waals surface area contributed by atoms with Crippen molar-refractivity contribution in [3.05, 3.63) is 178 Å². The van der Waals surface area contributed by atoms with E-state index in [9.17, 15) is 0 Å². The van der Waals surface area contributed by atoms with E-state index in [1.807, 2.05) is 0 Å². The first-order valence-electron chi connectivity index (χ1n) is 15.6. The van der Waals surface area contributed by atoms with Crippen molar-refractivity contribution in [1.82, 2.24) is 0 Å². The van der Waals surface area contributed by atoms with Crippen molar-refractivity contribution in [2.24, 2.45) is 5.73 Å². The molecule has 208 valence electrons. The second-order valence-corrected chi connectivity index (χ2v) is 12.2. The molecule has 5 aromatic carbocycles. The lowest BCUT2D eigenvalue weighted by molar-refractivity contribution is 0.774. The Labute approximate surface area is 254 Å². The van der Waals surface area contributed by atoms with Gasteiger partial charge >= 0.3 is 0 Å². The Kier molecular flexibility index (Phi) is 6.45. The molecule has 0 saturated heterocycles. The summed E-state index contributed by atoms with van der Waals surface area (Å²) in [6.45, 7) is 0. The highest BCUT2D eigenvalue weighted by atomic mass is 14.6. The molecule has 8 rings (SSSR count). The number of rotatable bonds is 4. The first-order valence-corrected chi connectivity index (χ1v) is 15.6. The van der Waals surface area contributed by atoms with Crippen molar-refractivity contribution in [3.8, 4) is 0 Å². The van der Waals surface area contributed by atoms with Gasteiger partial charge in [-0.25, -0.2) is 0 Å². The van der Waals surface area contributed by atoms with Crippen LogP contribution in [0.25, 0.3) is 33.2 Å². The van der Waals surface area contributed by atoms with E-state index in [1.165, 1.54) is 66.1 Å². The molecule has 2 N–H and O–H groups in total. The van der Waals surface area contributed by atoms with Crippen molar-refractivity contribution in [3.63, 3.8) is 0 Å². The maximum Gasteiger partial charge on any atom is 0.0276 e. The molecule has 0 fully saturated rings. The van der Waals surface area contributed by atoms with Crippen LogP contribution in [0.2, 0.25) is 0 Å². The van der Waals surface area contributed by atoms with Gasteiger partial charge in [0, 0.05) is 17.5 Å². The molecule has 43 heavy (non-hydrogen) atoms. The Morgan fingerprint density at radius 3 is 2.12 bits per heavy atom. The average Bonchev–Trinajstić information content (AvgIpc) is 3.09. The summed E-state index contributed by atoms with van der Waals surface area (Å²) in [5.41, 5.74) is 18.5. The lowest BCUT2D eigenvalue weighted by atomic mass is 9.77. The molecule has 2 unspecified atom stereocenters. The van der Waals surface area contributed by atoms with Crippen molar-refractivity contribution >= 4 is 33.2 Å². The third kappa shape index (κ3) is 4.66. The molecule has 5 aromatic rings. The van der Waals surface area contributed by atoms with Crippen LogP contribution in [0.5, 0.6) is 0 Å². The number of benzene rings is 5. The Bertz CT molecular complexity index is 2020. The highest BCUT2D eigenvalue weighted by Crippen LogP contribution is 2.44. The number of fused-ring (bicyclic) bond motifs is 6. The standard InChI is InChI=1S/C42H35N/c43-42-27-41-36-19-11-10-18-35(36)39-25-31(20-21-37(39)40(41)26-38(42)30-16-8-3-9-17-30)34-23-32(28-12-4-1-5-13-28)22-33(24-34)29-14-6-2-7-15-29/h1,3-6,8-22,24-25,27,32,38H,2,7,23,26,43H2. The van der Waals surface area contributed by atoms with Crippen LogP contribution in [0.4, 0.5) is 0 Å². The predicted octanol–water partition coefficient (Wildman–Crippen LogP) is 10.4. The van der Waals surface area contributed by atoms with Crippen LogP contribution in [0.3, 0.4) is 0 Å². The average molecular weight is 554 g/mol. The molecule has 0 saturated carbocycles. The van der Waals surface area contributed by atoms with Crippen molar-refractivity contribution in [2.75, 3.05) is 0 Å². The maximum atomic E-state index is 6.76. The van der Waals surface area contributed by atoms with Gasteiger partial charge in [-0.15, -0.1) is 0 Å². The molecule has 0 radical (unpaired) electrons. The molecule has 0 bridgehead atoms. The normalized spacial score (nSPS) is 19.8. The summed E-state index contributed by atoms with van der Waals surface area (Å²) in [7, 11) is 0. The first kappa shape index (κ1) is 25.8. The van der Waals surface area contributed by atoms with Gasteiger partial charge in [0.25, 0.3) is 0 Å². The topological polar surface area (TPSA) is 26.0 Å². The molecule has 0 amide bonds. The Morgan fingerprint density at radius 2 is 1.35 bits per heavy atom. The van der Waals surface area contributed by atoms with E-state index in [2.05, 4.69) is 140 Å². The van der Waals surface area contributed by atoms with Gasteiger partial charge in [-0.2, -0.15) is 0 Å². The van der Waals surface area contributed by atoms with Crippen molar-refractivity contribution < 1.29 is 0 Å². The van der Waals surface area contributed by atoms with Gasteiger partial charge in [-0.1, -0.05) is 127 Å². The summed E-state index contributed by atoms with van der Waals surface area (Å²) >= 11 is 0. The first-order chi connectivity index (χ1) is 21.2. The van der Waals surface area contributed by atoms with E-state index in [4.69, 9.17) is 5.73 Å². The van der Waals surface area contributed by atoms with Gasteiger partial charge in [0.1, 0.15) is 0 Å². The van der Waals surface area contributed by atoms with Crippen LogP contribution >= 0.6 is 0 Å². The van der Waals surface area contributed by atoms with Gasteiger partial charge in [-0.3, -0.25) is 0 Å². The van der Waals surface area contributed by atoms with E-state index in [1.54, 1.807) is 0 Å². The van der Waals surface area contributed by atoms with Crippen LogP contribution in [0, 0.1) is 0 Å². The van der Waals surface area contributed by atoms with Crippen LogP contribution in [-0.2, 0) is 6.42 Å². The van der Waals surface area contributed by atoms with Gasteiger partial charge in [0.05, 0.1) is 0 Å². The zero-order valence-electron chi connectivity index (χ0n) is 24.3. The summed E-state index contributed by atoms with van der Waals surface area (Å²) < 4.78 is 0. The Balaban J connectivity index is 1.28. The van der Waals surface area contributed by atoms with E-state index in [0.29, 0.717) is 5.92 Å². The lowest BCUT2D eigenvalue weighted by Gasteiger charge is -2.28. The smallest absolute Gasteiger partial charge is 0.0276 e. The van der Waals surface area contributed by atoms with Crippen LogP contribution in [0.1, 0.15) is 58.9 Å². The third-order valence-corrected chi connectivity index (χ3v) is 9.58. The van der Waals surface area contributed by atoms with Gasteiger partial charge in [0.2, 0.25) is 0 Å². The van der Waals surface area contributed by atoms with Crippen LogP contribution in [-0.4, -0.2) is 0 Å². The SMILES string of the molecule is NC1=Cc2c(c3ccc(C4=CC(C5=CCCC=C5)=CC(c5ccccc5)C4)cc3c3ccccc23)CC1c1ccccc1. The molecule has 2 atom stereocenters. The fourth-order valence-corrected chi connectivity index (χ4v) is 7.39. The molecule has 0 heterocycles. The van der Waals surface area contributed by atoms with Crippen molar-refractivity contribution in [2.45, 2.75) is 37.5 Å². The minimum atomic E-state index is 0.190. The van der Waals surface area contributed by atoms with Gasteiger partial charge in [-0.05, 0) is 104 Å². The molecule has 3 aliphatic rings. The number of nitrogens with two attached hydrogens (primary N) is 1. The van der Waals surface area contributed by atoms with E-state index < -0.39 is 0 Å². The predicted molar refractivity (Wildman–Crippen MR) is 183 cm³/mol. The van der Waals surface area contributed by atoms with Crippen molar-refractivity contribution in [1.29, 1.82) is 0 Å². The summed E-state index contributed by atoms with van der Waals surface area (Å²) in [5, 5.41) is 5.25. The molecule has 0 spiro atoms. The fourth-order valence-electron chi connectivity index (χ4n) is 7.39. The zero-order valence-corrected chi connectivity index (χ0v) is 24.3. The minimum Gasteiger partial charge on any atom is -0.402 e. The van der Waals surface area contributed by atoms with E-state index >= 15 is 0 Å². The number of hydrogen-bond acceptors (Lipinski definition) is 1. The fraction of sp³-hybridized carbons (Fsp3) is 0.143. The second kappa shape index (κ2) is 10.7. The summed E-state index contributed by atoms with van der Waals surface area (Å²) in [5.74, 6) is 0.540. The summed E-state index contributed by atoms with van der Waals surface area (Å²) in [6.07, 6.45) is 18.3. The summed E-state index contributed by atoms with van der Waals surface area (Å²) in [6, 6.07) is 37.8. The Morgan fingerprint density at radius 1 is 0.605 bits per heavy atom. The quantitative estimate of drug-likeness (QED) is 0.220. The van der Waals surface area contributed by atoms with E-state index in [0.717, 1.165) is 31.4 Å². The number of allylic oxidation sites excluding steroid dienone is 9. The van der Waals surface area contributed by atoms with Gasteiger partial charge < -0.3 is 5.73 Å². The highest BCUT2D eigenvalue weighted by molar-refractivity contribution is 6.14. The molecule has 1 heteroatoms. The van der Waals surface area contributed by atoms with Crippen LogP contribution < -0.4 is 5.73 Å². The molecule has 0 aliphatic heterocycles.